The van der Waals surface area contributed by atoms with E-state index in [9.17, 15) is 9.59 Å². The number of piperazine rings is 1. The van der Waals surface area contributed by atoms with E-state index in [1.54, 1.807) is 15.9 Å². The van der Waals surface area contributed by atoms with E-state index in [1.807, 2.05) is 44.1 Å². The van der Waals surface area contributed by atoms with Gasteiger partial charge in [-0.25, -0.2) is 0 Å². The van der Waals surface area contributed by atoms with E-state index in [0.717, 1.165) is 16.7 Å². The Kier molecular flexibility index (Phi) is 4.90. The van der Waals surface area contributed by atoms with Gasteiger partial charge in [0.1, 0.15) is 12.4 Å². The van der Waals surface area contributed by atoms with Gasteiger partial charge < -0.3 is 14.8 Å². The Balaban J connectivity index is 1.67. The fourth-order valence-electron chi connectivity index (χ4n) is 2.96. The molecule has 2 amide bonds. The first kappa shape index (κ1) is 17.2. The second-order valence-electron chi connectivity index (χ2n) is 6.72. The number of hydrogen-bond donors (Lipinski definition) is 1. The van der Waals surface area contributed by atoms with Crippen LogP contribution in [-0.2, 0) is 9.59 Å². The number of benzene rings is 1. The standard InChI is InChI=1S/C19H24N4O2/c1-14-6-7-15-12-17(20-16(15)11-14)23-10-9-22(13-19(23)25)18(24)5-4-8-21(2)3/h4-7,11-12,20H,8-10,13H2,1-3H3/b5-4+. The van der Waals surface area contributed by atoms with Gasteiger partial charge in [0.25, 0.3) is 0 Å². The van der Waals surface area contributed by atoms with Gasteiger partial charge in [-0.3, -0.25) is 14.5 Å². The van der Waals surface area contributed by atoms with Crippen molar-refractivity contribution in [1.82, 2.24) is 14.8 Å². The molecule has 1 saturated heterocycles. The number of carbonyl (C=O) groups is 2. The van der Waals surface area contributed by atoms with E-state index in [-0.39, 0.29) is 18.4 Å². The number of anilines is 1. The Bertz CT molecular complexity index is 822. The Hall–Kier alpha value is -2.60. The molecule has 0 spiro atoms. The highest BCUT2D eigenvalue weighted by Crippen LogP contribution is 2.24. The van der Waals surface area contributed by atoms with E-state index >= 15 is 0 Å². The zero-order chi connectivity index (χ0) is 18.0. The largest absolute Gasteiger partial charge is 0.341 e. The van der Waals surface area contributed by atoms with Crippen LogP contribution in [0, 0.1) is 6.92 Å². The summed E-state index contributed by atoms with van der Waals surface area (Å²) in [6.07, 6.45) is 3.37. The van der Waals surface area contributed by atoms with E-state index < -0.39 is 0 Å². The third-order valence-corrected chi connectivity index (χ3v) is 4.32. The molecule has 1 aromatic carbocycles. The fourth-order valence-corrected chi connectivity index (χ4v) is 2.96. The van der Waals surface area contributed by atoms with Crippen molar-refractivity contribution >= 4 is 28.5 Å². The maximum Gasteiger partial charge on any atom is 0.247 e. The first-order valence-corrected chi connectivity index (χ1v) is 8.44. The van der Waals surface area contributed by atoms with Crippen LogP contribution in [0.3, 0.4) is 0 Å². The zero-order valence-electron chi connectivity index (χ0n) is 15.0. The summed E-state index contributed by atoms with van der Waals surface area (Å²) in [5, 5.41) is 1.08. The average molecular weight is 340 g/mol. The minimum atomic E-state index is -0.109. The highest BCUT2D eigenvalue weighted by molar-refractivity contribution is 6.00. The average Bonchev–Trinajstić information content (AvgIpc) is 2.96. The number of hydrogen-bond acceptors (Lipinski definition) is 3. The van der Waals surface area contributed by atoms with Crippen molar-refractivity contribution in [2.75, 3.05) is 45.2 Å². The lowest BCUT2D eigenvalue weighted by Gasteiger charge is -2.33. The summed E-state index contributed by atoms with van der Waals surface area (Å²) in [7, 11) is 3.89. The highest BCUT2D eigenvalue weighted by atomic mass is 16.2. The van der Waals surface area contributed by atoms with Gasteiger partial charge in [-0.15, -0.1) is 0 Å². The molecule has 0 atom stereocenters. The number of aromatic nitrogens is 1. The lowest BCUT2D eigenvalue weighted by Crippen LogP contribution is -2.52. The molecule has 1 aromatic heterocycles. The highest BCUT2D eigenvalue weighted by Gasteiger charge is 2.27. The van der Waals surface area contributed by atoms with Gasteiger partial charge in [0, 0.05) is 36.6 Å². The normalized spacial score (nSPS) is 15.8. The minimum absolute atomic E-state index is 0.0658. The van der Waals surface area contributed by atoms with Gasteiger partial charge in [-0.1, -0.05) is 18.2 Å². The number of nitrogens with one attached hydrogen (secondary N) is 1. The van der Waals surface area contributed by atoms with Crippen molar-refractivity contribution in [1.29, 1.82) is 0 Å². The van der Waals surface area contributed by atoms with Gasteiger partial charge in [0.2, 0.25) is 11.8 Å². The molecule has 1 aliphatic heterocycles. The quantitative estimate of drug-likeness (QED) is 0.863. The molecule has 0 unspecified atom stereocenters. The number of rotatable bonds is 4. The van der Waals surface area contributed by atoms with Crippen LogP contribution in [0.5, 0.6) is 0 Å². The van der Waals surface area contributed by atoms with Gasteiger partial charge in [0.05, 0.1) is 0 Å². The molecule has 6 heteroatoms. The first-order valence-electron chi connectivity index (χ1n) is 8.44. The van der Waals surface area contributed by atoms with Gasteiger partial charge in [0.15, 0.2) is 0 Å². The summed E-state index contributed by atoms with van der Waals surface area (Å²) in [4.78, 5) is 33.3. The number of fused-ring (bicyclic) bond motifs is 1. The topological polar surface area (TPSA) is 59.6 Å². The Labute approximate surface area is 147 Å². The summed E-state index contributed by atoms with van der Waals surface area (Å²) >= 11 is 0. The predicted octanol–water partition coefficient (Wildman–Crippen LogP) is 1.77. The molecule has 6 nitrogen and oxygen atoms in total. The van der Waals surface area contributed by atoms with Crippen molar-refractivity contribution < 1.29 is 9.59 Å². The molecular formula is C19H24N4O2. The smallest absolute Gasteiger partial charge is 0.247 e. The van der Waals surface area contributed by atoms with Crippen molar-refractivity contribution in [3.05, 3.63) is 42.0 Å². The molecule has 0 bridgehead atoms. The van der Waals surface area contributed by atoms with Crippen LogP contribution in [0.15, 0.2) is 36.4 Å². The number of nitrogens with zero attached hydrogens (tertiary/aromatic N) is 3. The van der Waals surface area contributed by atoms with Gasteiger partial charge in [-0.2, -0.15) is 0 Å². The molecule has 1 aliphatic rings. The number of carbonyl (C=O) groups excluding carboxylic acids is 2. The maximum absolute atomic E-state index is 12.5. The molecule has 3 rings (SSSR count). The van der Waals surface area contributed by atoms with Crippen LogP contribution in [-0.4, -0.2) is 66.9 Å². The van der Waals surface area contributed by atoms with Crippen LogP contribution in [0.2, 0.25) is 0 Å². The third-order valence-electron chi connectivity index (χ3n) is 4.32. The SMILES string of the molecule is Cc1ccc2cc(N3CCN(C(=O)/C=C/CN(C)C)CC3=O)[nH]c2c1. The first-order chi connectivity index (χ1) is 11.9. The molecule has 1 N–H and O–H groups in total. The molecule has 1 fully saturated rings. The molecule has 2 aromatic rings. The van der Waals surface area contributed by atoms with E-state index in [1.165, 1.54) is 5.56 Å². The zero-order valence-corrected chi connectivity index (χ0v) is 15.0. The number of aromatic amines is 1. The lowest BCUT2D eigenvalue weighted by molar-refractivity contribution is -0.133. The molecule has 0 aliphatic carbocycles. The van der Waals surface area contributed by atoms with Gasteiger partial charge >= 0.3 is 0 Å². The second kappa shape index (κ2) is 7.11. The van der Waals surface area contributed by atoms with Crippen molar-refractivity contribution in [2.24, 2.45) is 0 Å². The number of H-pyrrole nitrogens is 1. The van der Waals surface area contributed by atoms with E-state index in [0.29, 0.717) is 19.6 Å². The van der Waals surface area contributed by atoms with Crippen LogP contribution in [0.4, 0.5) is 5.82 Å². The van der Waals surface area contributed by atoms with Crippen LogP contribution >= 0.6 is 0 Å². The molecule has 2 heterocycles. The maximum atomic E-state index is 12.5. The summed E-state index contributed by atoms with van der Waals surface area (Å²) in [6.45, 7) is 3.89. The third kappa shape index (κ3) is 3.91. The van der Waals surface area contributed by atoms with E-state index in [4.69, 9.17) is 0 Å². The van der Waals surface area contributed by atoms with Crippen LogP contribution < -0.4 is 4.90 Å². The summed E-state index contributed by atoms with van der Waals surface area (Å²) < 4.78 is 0. The second-order valence-corrected chi connectivity index (χ2v) is 6.72. The number of aryl methyl sites for hydroxylation is 1. The Morgan fingerprint density at radius 3 is 2.80 bits per heavy atom. The molecule has 132 valence electrons. The molecule has 0 saturated carbocycles. The fraction of sp³-hybridized carbons (Fsp3) is 0.368. The molecule has 25 heavy (non-hydrogen) atoms. The van der Waals surface area contributed by atoms with Crippen molar-refractivity contribution in [3.63, 3.8) is 0 Å². The Morgan fingerprint density at radius 2 is 2.08 bits per heavy atom. The van der Waals surface area contributed by atoms with Crippen molar-refractivity contribution in [2.45, 2.75) is 6.92 Å². The Morgan fingerprint density at radius 1 is 1.28 bits per heavy atom. The molecular weight excluding hydrogens is 316 g/mol. The van der Waals surface area contributed by atoms with E-state index in [2.05, 4.69) is 17.1 Å². The minimum Gasteiger partial charge on any atom is -0.341 e. The lowest BCUT2D eigenvalue weighted by atomic mass is 10.2. The molecule has 0 radical (unpaired) electrons. The van der Waals surface area contributed by atoms with Crippen LogP contribution in [0.25, 0.3) is 10.9 Å². The summed E-state index contributed by atoms with van der Waals surface area (Å²) in [5.41, 5.74) is 2.19. The summed E-state index contributed by atoms with van der Waals surface area (Å²) in [5.74, 6) is 0.617. The summed E-state index contributed by atoms with van der Waals surface area (Å²) in [6, 6.07) is 8.16. The number of likely N-dealkylation sites (N-methyl/N-ethyl adjacent to an activating group) is 1. The van der Waals surface area contributed by atoms with Crippen molar-refractivity contribution in [3.8, 4) is 0 Å². The predicted molar refractivity (Wildman–Crippen MR) is 99.7 cm³/mol. The van der Waals surface area contributed by atoms with Gasteiger partial charge in [-0.05, 0) is 38.7 Å². The number of amides is 2. The van der Waals surface area contributed by atoms with Crippen LogP contribution in [0.1, 0.15) is 5.56 Å². The monoisotopic (exact) mass is 340 g/mol.